The second-order valence-electron chi connectivity index (χ2n) is 0.567. The van der Waals surface area contributed by atoms with E-state index in [-0.39, 0.29) is 0 Å². The van der Waals surface area contributed by atoms with Crippen molar-refractivity contribution in [3.05, 3.63) is 0 Å². The molecule has 34 valence electrons. The van der Waals surface area contributed by atoms with E-state index in [1.54, 1.807) is 0 Å². The quantitative estimate of drug-likeness (QED) is 0.480. The van der Waals surface area contributed by atoms with Crippen molar-refractivity contribution < 1.29 is 4.79 Å². The smallest absolute Gasteiger partial charge is 0.320 e. The van der Waals surface area contributed by atoms with Gasteiger partial charge in [0.1, 0.15) is 0 Å². The van der Waals surface area contributed by atoms with Crippen LogP contribution in [0.15, 0.2) is 0 Å². The third-order valence-electron chi connectivity index (χ3n) is 0.156. The summed E-state index contributed by atoms with van der Waals surface area (Å²) in [5.74, 6) is 0. The summed E-state index contributed by atoms with van der Waals surface area (Å²) < 4.78 is 0. The van der Waals surface area contributed by atoms with Crippen LogP contribution in [0.1, 0.15) is 0 Å². The highest BCUT2D eigenvalue weighted by Crippen LogP contribution is 1.75. The first kappa shape index (κ1) is 5.79. The normalized spacial score (nSPS) is 8.00. The zero-order chi connectivity index (χ0) is 4.99. The van der Waals surface area contributed by atoms with E-state index in [1.165, 1.54) is 0 Å². The van der Waals surface area contributed by atoms with Crippen molar-refractivity contribution in [3.63, 3.8) is 0 Å². The second kappa shape index (κ2) is 3.00. The molecule has 0 saturated carbocycles. The fourth-order valence-corrected chi connectivity index (χ4v) is 0.405. The van der Waals surface area contributed by atoms with Gasteiger partial charge in [-0.2, -0.15) is 0 Å². The van der Waals surface area contributed by atoms with E-state index in [2.05, 4.69) is 22.6 Å². The van der Waals surface area contributed by atoms with Crippen LogP contribution in [0.25, 0.3) is 0 Å². The Hall–Kier alpha value is -0.210. The lowest BCUT2D eigenvalue weighted by atomic mass is 11.2. The Morgan fingerprint density at radius 3 is 2.50 bits per heavy atom. The Morgan fingerprint density at radius 2 is 2.50 bits per heavy atom. The molecule has 0 aromatic heterocycles. The first-order valence-corrected chi connectivity index (χ1v) is 3.06. The van der Waals surface area contributed by atoms with Gasteiger partial charge < -0.3 is 5.73 Å². The van der Waals surface area contributed by atoms with Crippen LogP contribution in [0.3, 0.4) is 0 Å². The molecular weight excluding hydrogens is 119 g/mol. The van der Waals surface area contributed by atoms with Crippen LogP contribution in [-0.2, 0) is 11.8 Å². The molecule has 0 aliphatic heterocycles. The number of carbonyl (C=O) groups excluding carboxylic acids is 1. The first-order valence-electron chi connectivity index (χ1n) is 1.15. The molecule has 0 aromatic carbocycles. The minimum absolute atomic E-state index is 0.383. The highest BCUT2D eigenvalue weighted by Gasteiger charge is 1.78. The molecular formula is CH3N2OPS. The summed E-state index contributed by atoms with van der Waals surface area (Å²) in [6.45, 7) is 0. The summed E-state index contributed by atoms with van der Waals surface area (Å²) in [7, 11) is 0.383. The molecule has 0 bridgehead atoms. The summed E-state index contributed by atoms with van der Waals surface area (Å²) in [4.78, 5) is 9.64. The van der Waals surface area contributed by atoms with Crippen LogP contribution in [-0.4, -0.2) is 6.03 Å². The lowest BCUT2D eigenvalue weighted by Gasteiger charge is -1.80. The minimum atomic E-state index is -0.577. The van der Waals surface area contributed by atoms with Gasteiger partial charge in [0, 0.05) is 0 Å². The summed E-state index contributed by atoms with van der Waals surface area (Å²) in [6.07, 6.45) is 0. The molecule has 0 saturated heterocycles. The molecule has 0 atom stereocenters. The monoisotopic (exact) mass is 122 g/mol. The van der Waals surface area contributed by atoms with E-state index in [1.807, 2.05) is 0 Å². The molecule has 3 nitrogen and oxygen atoms in total. The number of urea groups is 1. The third kappa shape index (κ3) is 3.79. The maximum absolute atomic E-state index is 9.64. The molecule has 0 aliphatic rings. The van der Waals surface area contributed by atoms with E-state index in [4.69, 9.17) is 0 Å². The predicted molar refractivity (Wildman–Crippen MR) is 27.0 cm³/mol. The maximum Gasteiger partial charge on any atom is 0.320 e. The van der Waals surface area contributed by atoms with Crippen molar-refractivity contribution in [2.75, 3.05) is 0 Å². The molecule has 3 N–H and O–H groups in total. The molecule has 0 aromatic rings. The molecule has 0 heterocycles. The van der Waals surface area contributed by atoms with Gasteiger partial charge in [0.2, 0.25) is 0 Å². The van der Waals surface area contributed by atoms with Crippen molar-refractivity contribution in [1.82, 2.24) is 5.09 Å². The van der Waals surface area contributed by atoms with Crippen molar-refractivity contribution in [3.8, 4) is 0 Å². The van der Waals surface area contributed by atoms with Crippen LogP contribution in [0.5, 0.6) is 0 Å². The van der Waals surface area contributed by atoms with E-state index < -0.39 is 6.03 Å². The van der Waals surface area contributed by atoms with E-state index in [9.17, 15) is 4.79 Å². The molecule has 0 aliphatic carbocycles. The zero-order valence-corrected chi connectivity index (χ0v) is 4.55. The minimum Gasteiger partial charge on any atom is -0.351 e. The summed E-state index contributed by atoms with van der Waals surface area (Å²) >= 11 is 4.29. The number of rotatable bonds is 1. The van der Waals surface area contributed by atoms with Crippen LogP contribution in [0.2, 0.25) is 0 Å². The van der Waals surface area contributed by atoms with Gasteiger partial charge >= 0.3 is 6.03 Å². The second-order valence-corrected chi connectivity index (χ2v) is 1.52. The van der Waals surface area contributed by atoms with E-state index in [0.29, 0.717) is 7.51 Å². The number of hydrogen-bond acceptors (Lipinski definition) is 2. The van der Waals surface area contributed by atoms with Crippen LogP contribution >= 0.6 is 7.51 Å². The van der Waals surface area contributed by atoms with E-state index >= 15 is 0 Å². The van der Waals surface area contributed by atoms with Gasteiger partial charge in [-0.25, -0.2) is 4.79 Å². The Kier molecular flexibility index (Phi) is 2.89. The van der Waals surface area contributed by atoms with Gasteiger partial charge in [-0.3, -0.25) is 5.09 Å². The standard InChI is InChI=1S/CH3N2OPS/c2-1(4)3-5-6/h(H3,2,3,4,6). The molecule has 0 fully saturated rings. The summed E-state index contributed by atoms with van der Waals surface area (Å²) in [6, 6.07) is -0.577. The van der Waals surface area contributed by atoms with Crippen LogP contribution in [0, 0.1) is 0 Å². The highest BCUT2D eigenvalue weighted by molar-refractivity contribution is 7.95. The molecule has 5 heteroatoms. The van der Waals surface area contributed by atoms with Gasteiger partial charge in [-0.1, -0.05) is 0 Å². The Bertz CT molecular complexity index is 73.9. The Balaban J connectivity index is 3.05. The van der Waals surface area contributed by atoms with Crippen molar-refractivity contribution in [2.24, 2.45) is 5.73 Å². The number of carbonyl (C=O) groups is 1. The average Bonchev–Trinajstić information content (AvgIpc) is 1.35. The number of primary amides is 1. The number of nitrogens with two attached hydrogens (primary N) is 1. The Morgan fingerprint density at radius 1 is 2.00 bits per heavy atom. The van der Waals surface area contributed by atoms with Gasteiger partial charge in [0.05, 0.1) is 7.51 Å². The zero-order valence-electron chi connectivity index (χ0n) is 2.84. The summed E-state index contributed by atoms with van der Waals surface area (Å²) in [5, 5.41) is 2.13. The fraction of sp³-hybridized carbons (Fsp3) is 0. The predicted octanol–water partition coefficient (Wildman–Crippen LogP) is -0.0222. The molecule has 2 amide bonds. The number of hydrogen-bond donors (Lipinski definition) is 2. The topological polar surface area (TPSA) is 55.1 Å². The van der Waals surface area contributed by atoms with E-state index in [0.717, 1.165) is 0 Å². The summed E-state index contributed by atoms with van der Waals surface area (Å²) in [5.41, 5.74) is 4.58. The maximum atomic E-state index is 9.64. The molecule has 0 radical (unpaired) electrons. The molecule has 0 rings (SSSR count). The van der Waals surface area contributed by atoms with Gasteiger partial charge in [-0.05, 0) is 11.8 Å². The SMILES string of the molecule is NC(=O)NP=S. The van der Waals surface area contributed by atoms with Crippen molar-refractivity contribution >= 4 is 25.3 Å². The molecule has 0 unspecified atom stereocenters. The number of amides is 2. The van der Waals surface area contributed by atoms with Gasteiger partial charge in [-0.15, -0.1) is 0 Å². The lowest BCUT2D eigenvalue weighted by molar-refractivity contribution is 0.254. The Labute approximate surface area is 41.8 Å². The first-order chi connectivity index (χ1) is 2.77. The molecule has 0 spiro atoms. The largest absolute Gasteiger partial charge is 0.351 e. The number of nitrogens with one attached hydrogen (secondary N) is 1. The van der Waals surface area contributed by atoms with Crippen LogP contribution < -0.4 is 10.8 Å². The average molecular weight is 122 g/mol. The lowest BCUT2D eigenvalue weighted by Crippen LogP contribution is -2.20. The van der Waals surface area contributed by atoms with Crippen molar-refractivity contribution in [1.29, 1.82) is 0 Å². The third-order valence-corrected chi connectivity index (χ3v) is 0.741. The van der Waals surface area contributed by atoms with Crippen molar-refractivity contribution in [2.45, 2.75) is 0 Å². The van der Waals surface area contributed by atoms with Gasteiger partial charge in [0.25, 0.3) is 0 Å². The molecule has 6 heavy (non-hydrogen) atoms. The van der Waals surface area contributed by atoms with Gasteiger partial charge in [0.15, 0.2) is 0 Å². The van der Waals surface area contributed by atoms with Crippen LogP contribution in [0.4, 0.5) is 4.79 Å². The highest BCUT2D eigenvalue weighted by atomic mass is 32.4. The fourth-order valence-electron chi connectivity index (χ4n) is 0.0450.